The molecule has 1 saturated heterocycles. The lowest BCUT2D eigenvalue weighted by Crippen LogP contribution is -2.60. The predicted molar refractivity (Wildman–Crippen MR) is 111 cm³/mol. The molecule has 5 atom stereocenters. The first-order valence-electron chi connectivity index (χ1n) is 10.4. The lowest BCUT2D eigenvalue weighted by Gasteiger charge is -2.39. The summed E-state index contributed by atoms with van der Waals surface area (Å²) in [6.45, 7) is 1.70. The third kappa shape index (κ3) is 6.30. The van der Waals surface area contributed by atoms with Crippen molar-refractivity contribution >= 4 is 11.6 Å². The number of aliphatic hydroxyl groups is 4. The molecule has 2 aliphatic heterocycles. The zero-order chi connectivity index (χ0) is 24.0. The second-order valence-corrected chi connectivity index (χ2v) is 7.59. The van der Waals surface area contributed by atoms with Gasteiger partial charge in [0.1, 0.15) is 36.8 Å². The summed E-state index contributed by atoms with van der Waals surface area (Å²) in [5.41, 5.74) is -0.476. The van der Waals surface area contributed by atoms with Crippen LogP contribution in [-0.4, -0.2) is 99.7 Å². The smallest absolute Gasteiger partial charge is 0.273 e. The van der Waals surface area contributed by atoms with Gasteiger partial charge in [0.25, 0.3) is 11.6 Å². The molecule has 182 valence electrons. The lowest BCUT2D eigenvalue weighted by atomic mass is 9.99. The van der Waals surface area contributed by atoms with Crippen molar-refractivity contribution in [1.82, 2.24) is 10.2 Å². The van der Waals surface area contributed by atoms with Crippen LogP contribution in [0.15, 0.2) is 30.7 Å². The van der Waals surface area contributed by atoms with Crippen molar-refractivity contribution < 1.29 is 44.4 Å². The fourth-order valence-electron chi connectivity index (χ4n) is 3.40. The maximum atomic E-state index is 12.5. The number of hydrogen-bond donors (Lipinski definition) is 5. The average Bonchev–Trinajstić information content (AvgIpc) is 2.82. The van der Waals surface area contributed by atoms with Crippen LogP contribution in [0.4, 0.5) is 5.69 Å². The number of rotatable bonds is 9. The number of nitro benzene ring substituents is 1. The van der Waals surface area contributed by atoms with Crippen molar-refractivity contribution in [2.75, 3.05) is 32.8 Å². The highest BCUT2D eigenvalue weighted by Crippen LogP contribution is 2.28. The number of aliphatic hydroxyl groups excluding tert-OH is 4. The van der Waals surface area contributed by atoms with Crippen LogP contribution in [0.3, 0.4) is 0 Å². The van der Waals surface area contributed by atoms with Gasteiger partial charge in [0.15, 0.2) is 0 Å². The number of benzene rings is 1. The Morgan fingerprint density at radius 2 is 2.03 bits per heavy atom. The van der Waals surface area contributed by atoms with Gasteiger partial charge < -0.3 is 44.9 Å². The Kier molecular flexibility index (Phi) is 8.41. The van der Waals surface area contributed by atoms with Crippen molar-refractivity contribution in [2.24, 2.45) is 0 Å². The first kappa shape index (κ1) is 24.7. The third-order valence-electron chi connectivity index (χ3n) is 5.24. The number of carbonyl (C=O) groups is 1. The second-order valence-electron chi connectivity index (χ2n) is 7.59. The molecule has 0 aromatic heterocycles. The molecule has 0 spiro atoms. The van der Waals surface area contributed by atoms with Gasteiger partial charge in [-0.05, 0) is 12.5 Å². The highest BCUT2D eigenvalue weighted by Gasteiger charge is 2.44. The first-order chi connectivity index (χ1) is 15.8. The summed E-state index contributed by atoms with van der Waals surface area (Å²) in [7, 11) is 0. The van der Waals surface area contributed by atoms with E-state index in [4.69, 9.17) is 14.2 Å². The summed E-state index contributed by atoms with van der Waals surface area (Å²) in [4.78, 5) is 25.2. The SMILES string of the molecule is O=C(NCCCN1C=COCC1)c1cc(O[C@H]2O[C@H](CO)[C@H](O)[C@H](O)[C@H]2O)cc([N+](=O)[O-])c1. The molecule has 1 fully saturated rings. The van der Waals surface area contributed by atoms with Gasteiger partial charge in [-0.25, -0.2) is 0 Å². The molecular formula is C20H27N3O10. The summed E-state index contributed by atoms with van der Waals surface area (Å²) in [5, 5.41) is 53.2. The van der Waals surface area contributed by atoms with Gasteiger partial charge >= 0.3 is 0 Å². The number of amides is 1. The number of nitrogens with one attached hydrogen (secondary N) is 1. The minimum atomic E-state index is -1.70. The largest absolute Gasteiger partial charge is 0.498 e. The molecule has 0 bridgehead atoms. The second kappa shape index (κ2) is 11.2. The van der Waals surface area contributed by atoms with Gasteiger partial charge in [0.2, 0.25) is 6.29 Å². The Labute approximate surface area is 188 Å². The molecule has 13 nitrogen and oxygen atoms in total. The molecule has 13 heteroatoms. The number of carbonyl (C=O) groups excluding carboxylic acids is 1. The van der Waals surface area contributed by atoms with E-state index in [0.29, 0.717) is 26.1 Å². The van der Waals surface area contributed by atoms with E-state index >= 15 is 0 Å². The Hall–Kier alpha value is -2.97. The third-order valence-corrected chi connectivity index (χ3v) is 5.24. The van der Waals surface area contributed by atoms with Gasteiger partial charge in [0.05, 0.1) is 30.4 Å². The summed E-state index contributed by atoms with van der Waals surface area (Å²) in [5.74, 6) is -0.730. The normalized spacial score (nSPS) is 27.0. The number of non-ortho nitro benzene ring substituents is 1. The van der Waals surface area contributed by atoms with Crippen molar-refractivity contribution in [3.63, 3.8) is 0 Å². The summed E-state index contributed by atoms with van der Waals surface area (Å²) >= 11 is 0. The molecule has 2 aliphatic rings. The van der Waals surface area contributed by atoms with E-state index in [9.17, 15) is 35.3 Å². The molecule has 33 heavy (non-hydrogen) atoms. The van der Waals surface area contributed by atoms with E-state index in [1.807, 2.05) is 11.1 Å². The summed E-state index contributed by atoms with van der Waals surface area (Å²) < 4.78 is 15.8. The van der Waals surface area contributed by atoms with Gasteiger partial charge in [-0.15, -0.1) is 0 Å². The van der Waals surface area contributed by atoms with E-state index in [2.05, 4.69) is 5.32 Å². The van der Waals surface area contributed by atoms with Crippen molar-refractivity contribution in [2.45, 2.75) is 37.1 Å². The fraction of sp³-hybridized carbons (Fsp3) is 0.550. The maximum absolute atomic E-state index is 12.5. The van der Waals surface area contributed by atoms with Crippen LogP contribution in [0.5, 0.6) is 5.75 Å². The highest BCUT2D eigenvalue weighted by molar-refractivity contribution is 5.95. The molecular weight excluding hydrogens is 442 g/mol. The molecule has 0 aliphatic carbocycles. The van der Waals surface area contributed by atoms with Crippen molar-refractivity contribution in [3.8, 4) is 5.75 Å². The van der Waals surface area contributed by atoms with E-state index < -0.39 is 53.8 Å². The first-order valence-corrected chi connectivity index (χ1v) is 10.4. The van der Waals surface area contributed by atoms with E-state index in [1.165, 1.54) is 6.07 Å². The fourth-order valence-corrected chi connectivity index (χ4v) is 3.40. The van der Waals surface area contributed by atoms with Crippen LogP contribution < -0.4 is 10.1 Å². The number of nitrogens with zero attached hydrogens (tertiary/aromatic N) is 2. The predicted octanol–water partition coefficient (Wildman–Crippen LogP) is -1.30. The minimum absolute atomic E-state index is 0.0462. The van der Waals surface area contributed by atoms with Crippen LogP contribution in [0.1, 0.15) is 16.8 Å². The van der Waals surface area contributed by atoms with E-state index in [1.54, 1.807) is 6.26 Å². The number of hydrogen-bond acceptors (Lipinski definition) is 11. The Balaban J connectivity index is 1.66. The van der Waals surface area contributed by atoms with Crippen LogP contribution >= 0.6 is 0 Å². The zero-order valence-corrected chi connectivity index (χ0v) is 17.6. The molecule has 2 heterocycles. The van der Waals surface area contributed by atoms with Gasteiger partial charge in [-0.1, -0.05) is 0 Å². The number of nitro groups is 1. The Morgan fingerprint density at radius 3 is 2.70 bits per heavy atom. The summed E-state index contributed by atoms with van der Waals surface area (Å²) in [6, 6.07) is 3.34. The Bertz CT molecular complexity index is 864. The maximum Gasteiger partial charge on any atom is 0.273 e. The molecule has 1 amide bonds. The molecule has 1 aromatic carbocycles. The minimum Gasteiger partial charge on any atom is -0.498 e. The van der Waals surface area contributed by atoms with Crippen LogP contribution in [0, 0.1) is 10.1 Å². The van der Waals surface area contributed by atoms with Crippen LogP contribution in [-0.2, 0) is 9.47 Å². The van der Waals surface area contributed by atoms with Crippen molar-refractivity contribution in [3.05, 3.63) is 46.3 Å². The lowest BCUT2D eigenvalue weighted by molar-refractivity contribution is -0.385. The summed E-state index contributed by atoms with van der Waals surface area (Å²) in [6.07, 6.45) is -3.66. The van der Waals surface area contributed by atoms with E-state index in [-0.39, 0.29) is 11.3 Å². The van der Waals surface area contributed by atoms with Gasteiger partial charge in [0, 0.05) is 30.9 Å². The van der Waals surface area contributed by atoms with Gasteiger partial charge in [-0.2, -0.15) is 0 Å². The van der Waals surface area contributed by atoms with Crippen LogP contribution in [0.2, 0.25) is 0 Å². The monoisotopic (exact) mass is 469 g/mol. The number of ether oxygens (including phenoxy) is 3. The quantitative estimate of drug-likeness (QED) is 0.164. The zero-order valence-electron chi connectivity index (χ0n) is 17.6. The molecule has 5 N–H and O–H groups in total. The van der Waals surface area contributed by atoms with Gasteiger partial charge in [-0.3, -0.25) is 14.9 Å². The average molecular weight is 469 g/mol. The standard InChI is InChI=1S/C20H27N3O10/c24-11-15-16(25)17(26)18(27)20(33-15)32-14-9-12(8-13(10-14)23(29)30)19(28)21-2-1-3-22-4-6-31-7-5-22/h4,6,8-10,15-18,20,24-27H,1-3,5,7,11H2,(H,21,28)/t15-,16+,17+,18-,20+/m1/s1. The molecule has 1 aromatic rings. The Morgan fingerprint density at radius 1 is 1.24 bits per heavy atom. The topological polar surface area (TPSA) is 184 Å². The molecule has 0 unspecified atom stereocenters. The van der Waals surface area contributed by atoms with Crippen molar-refractivity contribution in [1.29, 1.82) is 0 Å². The molecule has 0 radical (unpaired) electrons. The molecule has 0 saturated carbocycles. The van der Waals surface area contributed by atoms with E-state index in [0.717, 1.165) is 18.7 Å². The van der Waals surface area contributed by atoms with Crippen LogP contribution in [0.25, 0.3) is 0 Å². The molecule has 3 rings (SSSR count). The highest BCUT2D eigenvalue weighted by atomic mass is 16.7.